The van der Waals surface area contributed by atoms with Gasteiger partial charge in [0, 0.05) is 19.6 Å². The van der Waals surface area contributed by atoms with E-state index >= 15 is 0 Å². The molecule has 0 fully saturated rings. The lowest BCUT2D eigenvalue weighted by molar-refractivity contribution is -0.113. The van der Waals surface area contributed by atoms with Gasteiger partial charge >= 0.3 is 0 Å². The first kappa shape index (κ1) is 18.6. The molecule has 0 aliphatic heterocycles. The lowest BCUT2D eigenvalue weighted by Gasteiger charge is -2.22. The molecule has 0 amide bonds. The molecular formula is C17H34O2. The number of carbonyl (C=O) groups excluding carboxylic acids is 1. The molecule has 0 N–H and O–H groups in total. The minimum absolute atomic E-state index is 0.200. The van der Waals surface area contributed by atoms with Crippen LogP contribution in [-0.4, -0.2) is 20.0 Å². The number of hydrogen-bond acceptors (Lipinski definition) is 2. The quantitative estimate of drug-likeness (QED) is 0.353. The summed E-state index contributed by atoms with van der Waals surface area (Å²) in [6.45, 7) is 7.47. The largest absolute Gasteiger partial charge is 0.384 e. The van der Waals surface area contributed by atoms with E-state index in [-0.39, 0.29) is 5.92 Å². The molecule has 0 radical (unpaired) electrons. The summed E-state index contributed by atoms with van der Waals surface area (Å²) in [5, 5.41) is 0. The van der Waals surface area contributed by atoms with Crippen LogP contribution in [0.15, 0.2) is 0 Å². The molecule has 0 aromatic rings. The summed E-state index contributed by atoms with van der Waals surface area (Å²) in [7, 11) is 1.74. The molecule has 114 valence electrons. The van der Waals surface area contributed by atoms with Gasteiger partial charge in [-0.3, -0.25) is 0 Å². The first-order valence-electron chi connectivity index (χ1n) is 8.09. The van der Waals surface area contributed by atoms with Crippen LogP contribution in [0.3, 0.4) is 0 Å². The zero-order valence-corrected chi connectivity index (χ0v) is 13.5. The van der Waals surface area contributed by atoms with Crippen LogP contribution in [-0.2, 0) is 9.53 Å². The Labute approximate surface area is 120 Å². The molecule has 0 bridgehead atoms. The molecule has 0 spiro atoms. The van der Waals surface area contributed by atoms with Crippen LogP contribution < -0.4 is 0 Å². The summed E-state index contributed by atoms with van der Waals surface area (Å²) >= 11 is 0. The van der Waals surface area contributed by atoms with Crippen LogP contribution in [0.1, 0.15) is 72.1 Å². The Kier molecular flexibility index (Phi) is 12.4. The van der Waals surface area contributed by atoms with Crippen molar-refractivity contribution in [2.24, 2.45) is 17.8 Å². The van der Waals surface area contributed by atoms with Crippen molar-refractivity contribution in [3.05, 3.63) is 0 Å². The molecule has 2 atom stereocenters. The van der Waals surface area contributed by atoms with Crippen molar-refractivity contribution in [1.29, 1.82) is 0 Å². The van der Waals surface area contributed by atoms with E-state index in [9.17, 15) is 4.79 Å². The van der Waals surface area contributed by atoms with Gasteiger partial charge in [-0.05, 0) is 24.7 Å². The highest BCUT2D eigenvalue weighted by molar-refractivity contribution is 5.53. The number of aldehydes is 1. The second kappa shape index (κ2) is 12.7. The van der Waals surface area contributed by atoms with Crippen molar-refractivity contribution >= 4 is 6.29 Å². The third-order valence-electron chi connectivity index (χ3n) is 3.91. The smallest absolute Gasteiger partial charge is 0.123 e. The number of unbranched alkanes of at least 4 members (excludes halogenated alkanes) is 3. The zero-order valence-electron chi connectivity index (χ0n) is 13.5. The van der Waals surface area contributed by atoms with Crippen molar-refractivity contribution < 1.29 is 9.53 Å². The highest BCUT2D eigenvalue weighted by Crippen LogP contribution is 2.23. The molecule has 2 nitrogen and oxygen atoms in total. The molecule has 0 heterocycles. The fourth-order valence-corrected chi connectivity index (χ4v) is 2.63. The molecule has 0 saturated heterocycles. The molecule has 0 aliphatic rings. The van der Waals surface area contributed by atoms with E-state index in [2.05, 4.69) is 20.8 Å². The molecule has 2 unspecified atom stereocenters. The number of methoxy groups -OCH3 is 1. The summed E-state index contributed by atoms with van der Waals surface area (Å²) in [6, 6.07) is 0. The van der Waals surface area contributed by atoms with Crippen molar-refractivity contribution in [2.75, 3.05) is 13.7 Å². The second-order valence-corrected chi connectivity index (χ2v) is 6.19. The zero-order chi connectivity index (χ0) is 14.5. The molecule has 0 aliphatic carbocycles. The number of carbonyl (C=O) groups is 1. The lowest BCUT2D eigenvalue weighted by atomic mass is 9.85. The van der Waals surface area contributed by atoms with Crippen LogP contribution in [0.5, 0.6) is 0 Å². The highest BCUT2D eigenvalue weighted by Gasteiger charge is 2.20. The SMILES string of the molecule is CCCCC(COC)C(C=O)CCCCCC(C)C. The Hall–Kier alpha value is -0.370. The predicted octanol–water partition coefficient (Wildman–Crippen LogP) is 4.86. The van der Waals surface area contributed by atoms with Gasteiger partial charge in [0.1, 0.15) is 6.29 Å². The minimum atomic E-state index is 0.200. The molecule has 2 heteroatoms. The first-order valence-corrected chi connectivity index (χ1v) is 8.09. The van der Waals surface area contributed by atoms with E-state index in [4.69, 9.17) is 4.74 Å². The van der Waals surface area contributed by atoms with E-state index in [1.807, 2.05) is 0 Å². The molecule has 0 aromatic carbocycles. The van der Waals surface area contributed by atoms with Crippen LogP contribution in [0.4, 0.5) is 0 Å². The van der Waals surface area contributed by atoms with Gasteiger partial charge in [0.15, 0.2) is 0 Å². The molecular weight excluding hydrogens is 236 g/mol. The van der Waals surface area contributed by atoms with Gasteiger partial charge in [0.25, 0.3) is 0 Å². The first-order chi connectivity index (χ1) is 9.15. The molecule has 0 saturated carbocycles. The summed E-state index contributed by atoms with van der Waals surface area (Å²) in [4.78, 5) is 11.3. The topological polar surface area (TPSA) is 26.3 Å². The van der Waals surface area contributed by atoms with E-state index in [0.717, 1.165) is 25.4 Å². The van der Waals surface area contributed by atoms with E-state index in [1.165, 1.54) is 44.8 Å². The van der Waals surface area contributed by atoms with Gasteiger partial charge in [-0.2, -0.15) is 0 Å². The number of rotatable bonds is 13. The lowest BCUT2D eigenvalue weighted by Crippen LogP contribution is -2.21. The summed E-state index contributed by atoms with van der Waals surface area (Å²) in [5.74, 6) is 1.42. The maximum atomic E-state index is 11.3. The van der Waals surface area contributed by atoms with Gasteiger partial charge < -0.3 is 9.53 Å². The normalized spacial score (nSPS) is 14.6. The van der Waals surface area contributed by atoms with Gasteiger partial charge in [-0.15, -0.1) is 0 Å². The maximum Gasteiger partial charge on any atom is 0.123 e. The fraction of sp³-hybridized carbons (Fsp3) is 0.941. The van der Waals surface area contributed by atoms with Crippen molar-refractivity contribution in [2.45, 2.75) is 72.1 Å². The van der Waals surface area contributed by atoms with Gasteiger partial charge in [-0.25, -0.2) is 0 Å². The highest BCUT2D eigenvalue weighted by atomic mass is 16.5. The van der Waals surface area contributed by atoms with Crippen LogP contribution in [0, 0.1) is 17.8 Å². The van der Waals surface area contributed by atoms with Gasteiger partial charge in [-0.1, -0.05) is 59.3 Å². The number of ether oxygens (including phenoxy) is 1. The Bertz CT molecular complexity index is 201. The Morgan fingerprint density at radius 3 is 2.21 bits per heavy atom. The third kappa shape index (κ3) is 10.1. The van der Waals surface area contributed by atoms with Gasteiger partial charge in [0.05, 0.1) is 0 Å². The van der Waals surface area contributed by atoms with E-state index < -0.39 is 0 Å². The van der Waals surface area contributed by atoms with E-state index in [0.29, 0.717) is 5.92 Å². The minimum Gasteiger partial charge on any atom is -0.384 e. The van der Waals surface area contributed by atoms with Crippen molar-refractivity contribution in [3.63, 3.8) is 0 Å². The Morgan fingerprint density at radius 2 is 1.68 bits per heavy atom. The Balaban J connectivity index is 3.95. The molecule has 0 aromatic heterocycles. The third-order valence-corrected chi connectivity index (χ3v) is 3.91. The van der Waals surface area contributed by atoms with Gasteiger partial charge in [0.2, 0.25) is 0 Å². The van der Waals surface area contributed by atoms with Crippen molar-refractivity contribution in [3.8, 4) is 0 Å². The molecule has 0 rings (SSSR count). The summed E-state index contributed by atoms with van der Waals surface area (Å²) in [5.41, 5.74) is 0. The Morgan fingerprint density at radius 1 is 1.00 bits per heavy atom. The van der Waals surface area contributed by atoms with Crippen LogP contribution >= 0.6 is 0 Å². The summed E-state index contributed by atoms with van der Waals surface area (Å²) < 4.78 is 5.28. The summed E-state index contributed by atoms with van der Waals surface area (Å²) in [6.07, 6.45) is 10.8. The number of hydrogen-bond donors (Lipinski definition) is 0. The van der Waals surface area contributed by atoms with Crippen LogP contribution in [0.2, 0.25) is 0 Å². The van der Waals surface area contributed by atoms with Crippen LogP contribution in [0.25, 0.3) is 0 Å². The average Bonchev–Trinajstić information content (AvgIpc) is 2.39. The monoisotopic (exact) mass is 270 g/mol. The standard InChI is InChI=1S/C17H34O2/c1-5-6-11-17(14-19-4)16(13-18)12-9-7-8-10-15(2)3/h13,15-17H,5-12,14H2,1-4H3. The molecule has 19 heavy (non-hydrogen) atoms. The average molecular weight is 270 g/mol. The maximum absolute atomic E-state index is 11.3. The second-order valence-electron chi connectivity index (χ2n) is 6.19. The van der Waals surface area contributed by atoms with E-state index in [1.54, 1.807) is 7.11 Å². The predicted molar refractivity (Wildman–Crippen MR) is 82.4 cm³/mol. The van der Waals surface area contributed by atoms with Crippen molar-refractivity contribution in [1.82, 2.24) is 0 Å². The fourth-order valence-electron chi connectivity index (χ4n) is 2.63.